The van der Waals surface area contributed by atoms with Crippen molar-refractivity contribution in [2.75, 3.05) is 24.3 Å². The summed E-state index contributed by atoms with van der Waals surface area (Å²) in [7, 11) is -0.450. The number of nitrogens with one attached hydrogen (secondary N) is 2. The van der Waals surface area contributed by atoms with Gasteiger partial charge in [-0.3, -0.25) is 4.72 Å². The fourth-order valence-corrected chi connectivity index (χ4v) is 6.61. The van der Waals surface area contributed by atoms with E-state index < -0.39 is 10.0 Å². The third kappa shape index (κ3) is 4.04. The molecular weight excluding hydrogens is 460 g/mol. The van der Waals surface area contributed by atoms with Crippen molar-refractivity contribution in [3.8, 4) is 11.5 Å². The fraction of sp³-hybridized carbons (Fsp3) is 0.286. The molecule has 2 aliphatic rings. The van der Waals surface area contributed by atoms with Crippen LogP contribution in [0.4, 0.5) is 11.4 Å². The van der Waals surface area contributed by atoms with Gasteiger partial charge in [0.2, 0.25) is 0 Å². The molecule has 35 heavy (non-hydrogen) atoms. The second-order valence-electron chi connectivity index (χ2n) is 9.18. The topological polar surface area (TPSA) is 76.7 Å². The Morgan fingerprint density at radius 1 is 0.943 bits per heavy atom. The molecule has 0 aromatic heterocycles. The number of hydrogen-bond donors (Lipinski definition) is 2. The van der Waals surface area contributed by atoms with Gasteiger partial charge in [-0.15, -0.1) is 0 Å². The molecule has 0 saturated carbocycles. The molecule has 5 rings (SSSR count). The lowest BCUT2D eigenvalue weighted by Crippen LogP contribution is -2.29. The lowest BCUT2D eigenvalue weighted by molar-refractivity contribution is 0.341. The molecule has 3 aromatic carbocycles. The molecule has 0 amide bonds. The largest absolute Gasteiger partial charge is 0.493 e. The molecule has 1 heterocycles. The van der Waals surface area contributed by atoms with E-state index in [2.05, 4.69) is 28.3 Å². The highest BCUT2D eigenvalue weighted by molar-refractivity contribution is 7.92. The quantitative estimate of drug-likeness (QED) is 0.418. The Morgan fingerprint density at radius 3 is 2.40 bits per heavy atom. The van der Waals surface area contributed by atoms with Crippen molar-refractivity contribution >= 4 is 21.4 Å². The van der Waals surface area contributed by atoms with Crippen molar-refractivity contribution in [3.63, 3.8) is 0 Å². The maximum atomic E-state index is 13.3. The molecule has 2 N–H and O–H groups in total. The average molecular weight is 491 g/mol. The van der Waals surface area contributed by atoms with Crippen molar-refractivity contribution in [3.05, 3.63) is 89.0 Å². The third-order valence-corrected chi connectivity index (χ3v) is 8.48. The van der Waals surface area contributed by atoms with Crippen LogP contribution in [0.2, 0.25) is 0 Å². The summed E-state index contributed by atoms with van der Waals surface area (Å²) >= 11 is 0. The van der Waals surface area contributed by atoms with Crippen LogP contribution in [0.1, 0.15) is 40.6 Å². The minimum atomic E-state index is -3.74. The lowest BCUT2D eigenvalue weighted by atomic mass is 9.77. The highest BCUT2D eigenvalue weighted by atomic mass is 32.2. The van der Waals surface area contributed by atoms with E-state index in [0.29, 0.717) is 11.4 Å². The Morgan fingerprint density at radius 2 is 1.69 bits per heavy atom. The predicted octanol–water partition coefficient (Wildman–Crippen LogP) is 5.95. The summed E-state index contributed by atoms with van der Waals surface area (Å²) in [6.45, 7) is 3.81. The van der Waals surface area contributed by atoms with Crippen LogP contribution < -0.4 is 19.5 Å². The van der Waals surface area contributed by atoms with E-state index in [1.54, 1.807) is 20.3 Å². The first kappa shape index (κ1) is 23.3. The average Bonchev–Trinajstić information content (AvgIpc) is 3.35. The van der Waals surface area contributed by atoms with Gasteiger partial charge in [-0.05, 0) is 67.1 Å². The minimum absolute atomic E-state index is 0.00255. The van der Waals surface area contributed by atoms with E-state index in [1.165, 1.54) is 0 Å². The van der Waals surface area contributed by atoms with Crippen molar-refractivity contribution in [2.24, 2.45) is 5.92 Å². The van der Waals surface area contributed by atoms with E-state index in [9.17, 15) is 8.42 Å². The summed E-state index contributed by atoms with van der Waals surface area (Å²) in [5.41, 5.74) is 5.37. The van der Waals surface area contributed by atoms with E-state index in [1.807, 2.05) is 56.3 Å². The summed E-state index contributed by atoms with van der Waals surface area (Å²) in [4.78, 5) is 0.261. The number of ether oxygens (including phenoxy) is 2. The monoisotopic (exact) mass is 490 g/mol. The molecule has 0 spiro atoms. The number of sulfonamides is 1. The maximum absolute atomic E-state index is 13.3. The molecule has 0 fully saturated rings. The Balaban J connectivity index is 1.53. The Kier molecular flexibility index (Phi) is 5.97. The van der Waals surface area contributed by atoms with Crippen molar-refractivity contribution in [1.82, 2.24) is 0 Å². The van der Waals surface area contributed by atoms with Gasteiger partial charge in [0.1, 0.15) is 0 Å². The number of methoxy groups -OCH3 is 2. The molecule has 6 nitrogen and oxygen atoms in total. The first-order valence-electron chi connectivity index (χ1n) is 11.7. The summed E-state index contributed by atoms with van der Waals surface area (Å²) in [5.74, 6) is 1.74. The zero-order valence-electron chi connectivity index (χ0n) is 20.3. The number of rotatable bonds is 6. The summed E-state index contributed by atoms with van der Waals surface area (Å²) in [6, 6.07) is 17.0. The van der Waals surface area contributed by atoms with Crippen LogP contribution in [-0.2, 0) is 10.0 Å². The van der Waals surface area contributed by atoms with Crippen LogP contribution in [0.3, 0.4) is 0 Å². The van der Waals surface area contributed by atoms with Crippen LogP contribution in [-0.4, -0.2) is 22.6 Å². The third-order valence-electron chi connectivity index (χ3n) is 7.13. The summed E-state index contributed by atoms with van der Waals surface area (Å²) in [6.07, 6.45) is 5.26. The van der Waals surface area contributed by atoms with Gasteiger partial charge in [0.05, 0.1) is 30.8 Å². The van der Waals surface area contributed by atoms with Crippen LogP contribution in [0, 0.1) is 19.8 Å². The van der Waals surface area contributed by atoms with Crippen molar-refractivity contribution in [1.29, 1.82) is 0 Å². The molecule has 1 aliphatic heterocycles. The standard InChI is InChI=1S/C28H30N2O4S/c1-17-8-5-9-18(2)26(17)30-35(31,32)19-14-15-24-23(16-19)20-10-6-11-21(20)27(29-24)22-12-7-13-25(33-3)28(22)34-4/h5-10,12-16,20-21,27,29-30H,11H2,1-4H3/t20-,21-,27+/m1/s1. The molecule has 0 unspecified atom stereocenters. The van der Waals surface area contributed by atoms with Gasteiger partial charge >= 0.3 is 0 Å². The number of fused-ring (bicyclic) bond motifs is 3. The van der Waals surface area contributed by atoms with Gasteiger partial charge in [0.25, 0.3) is 10.0 Å². The Hall–Kier alpha value is -3.45. The van der Waals surface area contributed by atoms with Gasteiger partial charge in [-0.1, -0.05) is 42.5 Å². The van der Waals surface area contributed by atoms with E-state index in [4.69, 9.17) is 9.47 Å². The summed E-state index contributed by atoms with van der Waals surface area (Å²) in [5, 5.41) is 3.67. The number of hydrogen-bond acceptors (Lipinski definition) is 5. The van der Waals surface area contributed by atoms with Crippen LogP contribution in [0.5, 0.6) is 11.5 Å². The molecule has 3 atom stereocenters. The number of para-hydroxylation sites is 2. The zero-order valence-corrected chi connectivity index (χ0v) is 21.1. The van der Waals surface area contributed by atoms with E-state index in [0.717, 1.165) is 40.1 Å². The second-order valence-corrected chi connectivity index (χ2v) is 10.9. The molecule has 3 aromatic rings. The van der Waals surface area contributed by atoms with Gasteiger partial charge in [0.15, 0.2) is 11.5 Å². The molecule has 0 saturated heterocycles. The maximum Gasteiger partial charge on any atom is 0.261 e. The van der Waals surface area contributed by atoms with E-state index >= 15 is 0 Å². The smallest absolute Gasteiger partial charge is 0.261 e. The number of anilines is 2. The molecule has 182 valence electrons. The van der Waals surface area contributed by atoms with Gasteiger partial charge in [-0.25, -0.2) is 8.42 Å². The molecule has 0 bridgehead atoms. The normalized spacial score (nSPS) is 20.5. The number of allylic oxidation sites excluding steroid dienone is 2. The Labute approximate surface area is 207 Å². The van der Waals surface area contributed by atoms with Crippen LogP contribution in [0.25, 0.3) is 0 Å². The fourth-order valence-electron chi connectivity index (χ4n) is 5.37. The highest BCUT2D eigenvalue weighted by Gasteiger charge is 2.40. The van der Waals surface area contributed by atoms with Crippen molar-refractivity contribution < 1.29 is 17.9 Å². The molecule has 1 aliphatic carbocycles. The predicted molar refractivity (Wildman–Crippen MR) is 139 cm³/mol. The second kappa shape index (κ2) is 8.96. The van der Waals surface area contributed by atoms with Gasteiger partial charge in [-0.2, -0.15) is 0 Å². The van der Waals surface area contributed by atoms with Crippen LogP contribution in [0.15, 0.2) is 71.6 Å². The number of aryl methyl sites for hydroxylation is 2. The lowest BCUT2D eigenvalue weighted by Gasteiger charge is -2.38. The molecular formula is C28H30N2O4S. The van der Waals surface area contributed by atoms with Crippen molar-refractivity contribution in [2.45, 2.75) is 37.1 Å². The molecule has 0 radical (unpaired) electrons. The van der Waals surface area contributed by atoms with Gasteiger partial charge < -0.3 is 14.8 Å². The van der Waals surface area contributed by atoms with Gasteiger partial charge in [0, 0.05) is 17.2 Å². The first-order valence-corrected chi connectivity index (χ1v) is 13.2. The summed E-state index contributed by atoms with van der Waals surface area (Å²) < 4.78 is 40.7. The Bertz CT molecular complexity index is 1390. The first-order chi connectivity index (χ1) is 16.8. The highest BCUT2D eigenvalue weighted by Crippen LogP contribution is 2.52. The number of benzene rings is 3. The SMILES string of the molecule is COc1cccc([C@H]2Nc3ccc(S(=O)(=O)Nc4c(C)cccc4C)cc3[C@@H]3C=CC[C@@H]23)c1OC. The van der Waals surface area contributed by atoms with Crippen LogP contribution >= 0.6 is 0 Å². The van der Waals surface area contributed by atoms with E-state index in [-0.39, 0.29) is 22.8 Å². The zero-order chi connectivity index (χ0) is 24.7. The minimum Gasteiger partial charge on any atom is -0.493 e. The molecule has 7 heteroatoms.